The zero-order chi connectivity index (χ0) is 17.2. The van der Waals surface area contributed by atoms with Gasteiger partial charge in [-0.15, -0.1) is 0 Å². The molecule has 0 N–H and O–H groups in total. The predicted molar refractivity (Wildman–Crippen MR) is 103 cm³/mol. The van der Waals surface area contributed by atoms with E-state index in [9.17, 15) is 0 Å². The van der Waals surface area contributed by atoms with Crippen LogP contribution < -0.4 is 0 Å². The minimum atomic E-state index is 0.340. The van der Waals surface area contributed by atoms with Gasteiger partial charge in [0.15, 0.2) is 0 Å². The summed E-state index contributed by atoms with van der Waals surface area (Å²) >= 11 is 0. The van der Waals surface area contributed by atoms with E-state index in [1.807, 2.05) is 0 Å². The summed E-state index contributed by atoms with van der Waals surface area (Å²) in [4.78, 5) is 10.5. The predicted octanol–water partition coefficient (Wildman–Crippen LogP) is 2.07. The highest BCUT2D eigenvalue weighted by Gasteiger charge is 2.36. The molecule has 140 valence electrons. The Morgan fingerprint density at radius 2 is 1.21 bits per heavy atom. The van der Waals surface area contributed by atoms with Gasteiger partial charge in [0.25, 0.3) is 0 Å². The topological polar surface area (TPSA) is 13.0 Å². The molecular weight excluding hydrogens is 296 g/mol. The maximum Gasteiger partial charge on any atom is 0.0280 e. The van der Waals surface area contributed by atoms with Crippen molar-refractivity contribution < 1.29 is 0 Å². The first kappa shape index (κ1) is 18.6. The van der Waals surface area contributed by atoms with Crippen molar-refractivity contribution in [2.75, 3.05) is 73.0 Å². The van der Waals surface area contributed by atoms with E-state index >= 15 is 0 Å². The molecule has 0 atom stereocenters. The lowest BCUT2D eigenvalue weighted by Crippen LogP contribution is -2.61. The molecule has 24 heavy (non-hydrogen) atoms. The fraction of sp³-hybridized carbons (Fsp3) is 1.00. The molecule has 4 nitrogen and oxygen atoms in total. The van der Waals surface area contributed by atoms with Crippen LogP contribution in [0.4, 0.5) is 0 Å². The molecule has 0 unspecified atom stereocenters. The van der Waals surface area contributed by atoms with Crippen molar-refractivity contribution in [1.82, 2.24) is 19.6 Å². The molecule has 0 spiro atoms. The van der Waals surface area contributed by atoms with Crippen LogP contribution in [0.2, 0.25) is 0 Å². The van der Waals surface area contributed by atoms with Crippen molar-refractivity contribution in [1.29, 1.82) is 0 Å². The van der Waals surface area contributed by atoms with E-state index in [4.69, 9.17) is 0 Å². The highest BCUT2D eigenvalue weighted by Crippen LogP contribution is 2.27. The first-order chi connectivity index (χ1) is 11.4. The Kier molecular flexibility index (Phi) is 6.23. The second-order valence-corrected chi connectivity index (χ2v) is 9.49. The highest BCUT2D eigenvalue weighted by atomic mass is 15.3. The number of piperidine rings is 2. The van der Waals surface area contributed by atoms with Gasteiger partial charge >= 0.3 is 0 Å². The van der Waals surface area contributed by atoms with Gasteiger partial charge in [0.2, 0.25) is 0 Å². The Balaban J connectivity index is 1.45. The Morgan fingerprint density at radius 3 is 1.71 bits per heavy atom. The number of likely N-dealkylation sites (tertiary alicyclic amines) is 2. The van der Waals surface area contributed by atoms with E-state index in [2.05, 4.69) is 47.5 Å². The van der Waals surface area contributed by atoms with Crippen LogP contribution in [0.15, 0.2) is 0 Å². The molecule has 4 heteroatoms. The summed E-state index contributed by atoms with van der Waals surface area (Å²) in [5, 5.41) is 0. The van der Waals surface area contributed by atoms with Gasteiger partial charge < -0.3 is 9.80 Å². The van der Waals surface area contributed by atoms with Crippen LogP contribution >= 0.6 is 0 Å². The van der Waals surface area contributed by atoms with Gasteiger partial charge in [0, 0.05) is 38.3 Å². The zero-order valence-electron chi connectivity index (χ0n) is 16.6. The Morgan fingerprint density at radius 1 is 0.708 bits per heavy atom. The van der Waals surface area contributed by atoms with Gasteiger partial charge in [-0.05, 0) is 91.6 Å². The molecule has 0 saturated carbocycles. The van der Waals surface area contributed by atoms with E-state index in [0.29, 0.717) is 5.54 Å². The first-order valence-corrected chi connectivity index (χ1v) is 10.3. The molecule has 0 aromatic rings. The van der Waals surface area contributed by atoms with E-state index < -0.39 is 0 Å². The van der Waals surface area contributed by atoms with Crippen LogP contribution in [0.3, 0.4) is 0 Å². The van der Waals surface area contributed by atoms with E-state index in [1.54, 1.807) is 0 Å². The highest BCUT2D eigenvalue weighted by molar-refractivity contribution is 4.92. The van der Waals surface area contributed by atoms with Gasteiger partial charge in [-0.3, -0.25) is 9.80 Å². The van der Waals surface area contributed by atoms with Gasteiger partial charge in [0.1, 0.15) is 0 Å². The molecule has 0 bridgehead atoms. The molecule has 3 rings (SSSR count). The fourth-order valence-electron chi connectivity index (χ4n) is 4.95. The minimum absolute atomic E-state index is 0.340. The normalized spacial score (nSPS) is 30.0. The van der Waals surface area contributed by atoms with Crippen molar-refractivity contribution in [3.8, 4) is 0 Å². The lowest BCUT2D eigenvalue weighted by atomic mass is 9.91. The van der Waals surface area contributed by atoms with Crippen LogP contribution in [-0.4, -0.2) is 98.1 Å². The molecule has 3 saturated heterocycles. The fourth-order valence-corrected chi connectivity index (χ4v) is 4.95. The number of hydrogen-bond acceptors (Lipinski definition) is 4. The molecule has 0 aromatic heterocycles. The third-order valence-corrected chi connectivity index (χ3v) is 6.82. The van der Waals surface area contributed by atoms with Crippen molar-refractivity contribution in [3.63, 3.8) is 0 Å². The molecule has 0 amide bonds. The zero-order valence-corrected chi connectivity index (χ0v) is 16.6. The summed E-state index contributed by atoms with van der Waals surface area (Å²) in [5.74, 6) is 1.85. The Labute approximate surface area is 150 Å². The quantitative estimate of drug-likeness (QED) is 0.779. The second kappa shape index (κ2) is 8.03. The lowest BCUT2D eigenvalue weighted by molar-refractivity contribution is -0.00577. The number of rotatable bonds is 4. The number of nitrogens with zero attached hydrogens (tertiary/aromatic N) is 4. The molecule has 3 fully saturated rings. The second-order valence-electron chi connectivity index (χ2n) is 9.49. The van der Waals surface area contributed by atoms with Crippen LogP contribution in [0, 0.1) is 11.8 Å². The smallest absolute Gasteiger partial charge is 0.0280 e. The van der Waals surface area contributed by atoms with E-state index in [0.717, 1.165) is 11.8 Å². The summed E-state index contributed by atoms with van der Waals surface area (Å²) in [6, 6.07) is 0. The van der Waals surface area contributed by atoms with E-state index in [1.165, 1.54) is 84.6 Å². The Bertz CT molecular complexity index is 381. The van der Waals surface area contributed by atoms with Crippen molar-refractivity contribution in [2.24, 2.45) is 11.8 Å². The van der Waals surface area contributed by atoms with Crippen LogP contribution in [0.5, 0.6) is 0 Å². The van der Waals surface area contributed by atoms with E-state index in [-0.39, 0.29) is 0 Å². The van der Waals surface area contributed by atoms with Crippen LogP contribution in [0.1, 0.15) is 39.5 Å². The molecule has 0 aromatic carbocycles. The van der Waals surface area contributed by atoms with Gasteiger partial charge in [-0.2, -0.15) is 0 Å². The lowest BCUT2D eigenvalue weighted by Gasteiger charge is -2.49. The standard InChI is InChI=1S/C20H40N4/c1-20(2)17-23(15-18-5-9-21(3)10-6-18)13-14-24(20)16-19-7-11-22(4)12-8-19/h18-19H,5-17H2,1-4H3. The van der Waals surface area contributed by atoms with Gasteiger partial charge in [0.05, 0.1) is 0 Å². The summed E-state index contributed by atoms with van der Waals surface area (Å²) in [6.45, 7) is 16.6. The average Bonchev–Trinajstić information content (AvgIpc) is 2.54. The van der Waals surface area contributed by atoms with Crippen molar-refractivity contribution in [2.45, 2.75) is 45.1 Å². The molecule has 3 aliphatic heterocycles. The molecule has 3 aliphatic rings. The summed E-state index contributed by atoms with van der Waals surface area (Å²) in [7, 11) is 4.53. The SMILES string of the molecule is CN1CCC(CN2CCN(CC3CCN(C)CC3)C(C)(C)C2)CC1. The molecular formula is C20H40N4. The number of piperazine rings is 1. The maximum absolute atomic E-state index is 2.80. The molecule has 0 radical (unpaired) electrons. The summed E-state index contributed by atoms with van der Waals surface area (Å²) < 4.78 is 0. The van der Waals surface area contributed by atoms with Gasteiger partial charge in [-0.1, -0.05) is 0 Å². The van der Waals surface area contributed by atoms with Crippen LogP contribution in [-0.2, 0) is 0 Å². The number of hydrogen-bond donors (Lipinski definition) is 0. The molecule has 3 heterocycles. The third-order valence-electron chi connectivity index (χ3n) is 6.82. The molecule has 0 aliphatic carbocycles. The van der Waals surface area contributed by atoms with Crippen molar-refractivity contribution in [3.05, 3.63) is 0 Å². The third kappa shape index (κ3) is 4.94. The largest absolute Gasteiger partial charge is 0.306 e. The maximum atomic E-state index is 2.80. The Hall–Kier alpha value is -0.160. The summed E-state index contributed by atoms with van der Waals surface area (Å²) in [6.07, 6.45) is 5.57. The first-order valence-electron chi connectivity index (χ1n) is 10.3. The monoisotopic (exact) mass is 336 g/mol. The van der Waals surface area contributed by atoms with Crippen molar-refractivity contribution >= 4 is 0 Å². The van der Waals surface area contributed by atoms with Crippen LogP contribution in [0.25, 0.3) is 0 Å². The van der Waals surface area contributed by atoms with Gasteiger partial charge in [-0.25, -0.2) is 0 Å². The average molecular weight is 337 g/mol. The minimum Gasteiger partial charge on any atom is -0.306 e. The summed E-state index contributed by atoms with van der Waals surface area (Å²) in [5.41, 5.74) is 0.340.